The van der Waals surface area contributed by atoms with Gasteiger partial charge in [-0.05, 0) is 18.6 Å². The van der Waals surface area contributed by atoms with Gasteiger partial charge in [0.05, 0.1) is 6.04 Å². The number of halogens is 2. The van der Waals surface area contributed by atoms with E-state index in [0.29, 0.717) is 12.3 Å². The molecule has 4 nitrogen and oxygen atoms in total. The first-order valence-corrected chi connectivity index (χ1v) is 5.65. The number of nitrogens with two attached hydrogens (primary N) is 1. The van der Waals surface area contributed by atoms with Gasteiger partial charge in [-0.1, -0.05) is 18.1 Å². The van der Waals surface area contributed by atoms with Crippen molar-refractivity contribution in [1.82, 2.24) is 10.1 Å². The van der Waals surface area contributed by atoms with Crippen molar-refractivity contribution in [3.05, 3.63) is 47.1 Å². The molecule has 0 saturated heterocycles. The second-order valence-corrected chi connectivity index (χ2v) is 3.91. The Labute approximate surface area is 103 Å². The predicted octanol–water partition coefficient (Wildman–Crippen LogP) is 2.35. The molecule has 1 atom stereocenters. The van der Waals surface area contributed by atoms with Crippen LogP contribution in [0.1, 0.15) is 36.7 Å². The van der Waals surface area contributed by atoms with E-state index < -0.39 is 17.7 Å². The molecule has 18 heavy (non-hydrogen) atoms. The highest BCUT2D eigenvalue weighted by Crippen LogP contribution is 2.23. The molecule has 2 rings (SSSR count). The number of aryl methyl sites for hydroxylation is 1. The van der Waals surface area contributed by atoms with Gasteiger partial charge in [-0.3, -0.25) is 0 Å². The van der Waals surface area contributed by atoms with Crippen molar-refractivity contribution in [2.45, 2.75) is 25.8 Å². The molecule has 0 saturated carbocycles. The van der Waals surface area contributed by atoms with Crippen LogP contribution in [0.25, 0.3) is 0 Å². The third kappa shape index (κ3) is 2.38. The van der Waals surface area contributed by atoms with E-state index in [1.807, 2.05) is 6.92 Å². The Morgan fingerprint density at radius 1 is 1.33 bits per heavy atom. The summed E-state index contributed by atoms with van der Waals surface area (Å²) in [5.41, 5.74) is 5.51. The molecule has 0 fully saturated rings. The van der Waals surface area contributed by atoms with Gasteiger partial charge in [0.1, 0.15) is 11.6 Å². The third-order valence-corrected chi connectivity index (χ3v) is 2.54. The molecule has 0 bridgehead atoms. The van der Waals surface area contributed by atoms with Crippen LogP contribution in [-0.2, 0) is 6.42 Å². The van der Waals surface area contributed by atoms with E-state index in [1.165, 1.54) is 6.07 Å². The molecule has 6 heteroatoms. The third-order valence-electron chi connectivity index (χ3n) is 2.54. The second kappa shape index (κ2) is 5.22. The summed E-state index contributed by atoms with van der Waals surface area (Å²) in [5, 5.41) is 3.65. The first kappa shape index (κ1) is 12.6. The van der Waals surface area contributed by atoms with Crippen LogP contribution in [0.4, 0.5) is 8.78 Å². The molecule has 1 heterocycles. The molecule has 0 aliphatic heterocycles. The highest BCUT2D eigenvalue weighted by molar-refractivity contribution is 5.27. The Kier molecular flexibility index (Phi) is 3.66. The Morgan fingerprint density at radius 2 is 2.00 bits per heavy atom. The molecule has 2 aromatic rings. The summed E-state index contributed by atoms with van der Waals surface area (Å²) in [6.07, 6.45) is 1.45. The van der Waals surface area contributed by atoms with Gasteiger partial charge >= 0.3 is 0 Å². The zero-order valence-corrected chi connectivity index (χ0v) is 9.86. The van der Waals surface area contributed by atoms with Crippen LogP contribution >= 0.6 is 0 Å². The lowest BCUT2D eigenvalue weighted by Crippen LogP contribution is -2.17. The van der Waals surface area contributed by atoms with E-state index in [9.17, 15) is 8.78 Å². The quantitative estimate of drug-likeness (QED) is 0.908. The van der Waals surface area contributed by atoms with E-state index >= 15 is 0 Å². The van der Waals surface area contributed by atoms with E-state index in [0.717, 1.165) is 18.6 Å². The van der Waals surface area contributed by atoms with E-state index in [1.54, 1.807) is 0 Å². The average molecular weight is 253 g/mol. The van der Waals surface area contributed by atoms with Crippen molar-refractivity contribution >= 4 is 0 Å². The van der Waals surface area contributed by atoms with Crippen molar-refractivity contribution in [2.75, 3.05) is 0 Å². The SMILES string of the molecule is CCCc1nc(C(N)c2c(F)cccc2F)no1. The number of hydrogen-bond acceptors (Lipinski definition) is 4. The number of hydrogen-bond donors (Lipinski definition) is 1. The number of nitrogens with zero attached hydrogens (tertiary/aromatic N) is 2. The minimum absolute atomic E-state index is 0.0856. The minimum atomic E-state index is -1.07. The molecule has 1 aromatic carbocycles. The van der Waals surface area contributed by atoms with Gasteiger partial charge in [-0.15, -0.1) is 0 Å². The Bertz CT molecular complexity index is 522. The molecular weight excluding hydrogens is 240 g/mol. The monoisotopic (exact) mass is 253 g/mol. The largest absolute Gasteiger partial charge is 0.339 e. The van der Waals surface area contributed by atoms with Crippen LogP contribution in [0.3, 0.4) is 0 Å². The van der Waals surface area contributed by atoms with Crippen LogP contribution in [0.15, 0.2) is 22.7 Å². The van der Waals surface area contributed by atoms with Crippen LogP contribution < -0.4 is 5.73 Å². The average Bonchev–Trinajstić information content (AvgIpc) is 2.78. The van der Waals surface area contributed by atoms with Gasteiger partial charge in [0, 0.05) is 12.0 Å². The summed E-state index contributed by atoms with van der Waals surface area (Å²) < 4.78 is 32.0. The molecular formula is C12H13F2N3O. The lowest BCUT2D eigenvalue weighted by atomic mass is 10.1. The fourth-order valence-corrected chi connectivity index (χ4v) is 1.65. The van der Waals surface area contributed by atoms with Crippen LogP contribution in [-0.4, -0.2) is 10.1 Å². The normalized spacial score (nSPS) is 12.7. The van der Waals surface area contributed by atoms with Crippen molar-refractivity contribution < 1.29 is 13.3 Å². The fraction of sp³-hybridized carbons (Fsp3) is 0.333. The van der Waals surface area contributed by atoms with Gasteiger partial charge in [0.25, 0.3) is 0 Å². The molecule has 0 aliphatic carbocycles. The highest BCUT2D eigenvalue weighted by atomic mass is 19.1. The molecule has 1 unspecified atom stereocenters. The first-order chi connectivity index (χ1) is 8.63. The maximum Gasteiger partial charge on any atom is 0.226 e. The zero-order valence-electron chi connectivity index (χ0n) is 9.86. The van der Waals surface area contributed by atoms with Gasteiger partial charge in [-0.2, -0.15) is 4.98 Å². The summed E-state index contributed by atoms with van der Waals surface area (Å²) in [4.78, 5) is 4.02. The molecule has 0 amide bonds. The first-order valence-electron chi connectivity index (χ1n) is 5.65. The van der Waals surface area contributed by atoms with E-state index in [2.05, 4.69) is 10.1 Å². The molecule has 2 N–H and O–H groups in total. The number of aromatic nitrogens is 2. The lowest BCUT2D eigenvalue weighted by molar-refractivity contribution is 0.369. The standard InChI is InChI=1S/C12H13F2N3O/c1-2-4-9-16-12(17-18-9)11(15)10-7(13)5-3-6-8(10)14/h3,5-6,11H,2,4,15H2,1H3. The van der Waals surface area contributed by atoms with Gasteiger partial charge < -0.3 is 10.3 Å². The minimum Gasteiger partial charge on any atom is -0.339 e. The number of benzene rings is 1. The number of rotatable bonds is 4. The Morgan fingerprint density at radius 3 is 2.61 bits per heavy atom. The molecule has 0 spiro atoms. The van der Waals surface area contributed by atoms with Crippen molar-refractivity contribution in [1.29, 1.82) is 0 Å². The maximum absolute atomic E-state index is 13.5. The van der Waals surface area contributed by atoms with Crippen molar-refractivity contribution in [2.24, 2.45) is 5.73 Å². The predicted molar refractivity (Wildman–Crippen MR) is 60.7 cm³/mol. The smallest absolute Gasteiger partial charge is 0.226 e. The summed E-state index contributed by atoms with van der Waals surface area (Å²) in [6.45, 7) is 1.96. The van der Waals surface area contributed by atoms with Gasteiger partial charge in [0.2, 0.25) is 5.89 Å². The van der Waals surface area contributed by atoms with Crippen LogP contribution in [0.2, 0.25) is 0 Å². The fourth-order valence-electron chi connectivity index (χ4n) is 1.65. The van der Waals surface area contributed by atoms with Crippen molar-refractivity contribution in [3.63, 3.8) is 0 Å². The highest BCUT2D eigenvalue weighted by Gasteiger charge is 2.22. The topological polar surface area (TPSA) is 64.9 Å². The Balaban J connectivity index is 2.32. The maximum atomic E-state index is 13.5. The summed E-state index contributed by atoms with van der Waals surface area (Å²) in [6, 6.07) is 2.50. The Hall–Kier alpha value is -1.82. The zero-order chi connectivity index (χ0) is 13.1. The molecule has 0 radical (unpaired) electrons. The molecule has 96 valence electrons. The van der Waals surface area contributed by atoms with Crippen LogP contribution in [0, 0.1) is 11.6 Å². The van der Waals surface area contributed by atoms with Crippen LogP contribution in [0.5, 0.6) is 0 Å². The van der Waals surface area contributed by atoms with Gasteiger partial charge in [-0.25, -0.2) is 8.78 Å². The molecule has 1 aromatic heterocycles. The van der Waals surface area contributed by atoms with E-state index in [4.69, 9.17) is 10.3 Å². The summed E-state index contributed by atoms with van der Waals surface area (Å²) >= 11 is 0. The summed E-state index contributed by atoms with van der Waals surface area (Å²) in [5.74, 6) is -0.934. The second-order valence-electron chi connectivity index (χ2n) is 3.91. The van der Waals surface area contributed by atoms with Crippen molar-refractivity contribution in [3.8, 4) is 0 Å². The molecule has 0 aliphatic rings. The van der Waals surface area contributed by atoms with Gasteiger partial charge in [0.15, 0.2) is 5.82 Å². The summed E-state index contributed by atoms with van der Waals surface area (Å²) in [7, 11) is 0. The lowest BCUT2D eigenvalue weighted by Gasteiger charge is -2.09. The van der Waals surface area contributed by atoms with E-state index in [-0.39, 0.29) is 11.4 Å².